The summed E-state index contributed by atoms with van der Waals surface area (Å²) < 4.78 is 39.4. The van der Waals surface area contributed by atoms with Crippen LogP contribution in [-0.4, -0.2) is 20.9 Å². The second-order valence-electron chi connectivity index (χ2n) is 6.69. The smallest absolute Gasteiger partial charge is 0.323 e. The van der Waals surface area contributed by atoms with Crippen molar-refractivity contribution in [1.82, 2.24) is 15.0 Å². The van der Waals surface area contributed by atoms with Crippen LogP contribution in [-0.2, 0) is 11.0 Å². The van der Waals surface area contributed by atoms with Gasteiger partial charge in [-0.3, -0.25) is 9.78 Å². The minimum absolute atomic E-state index is 0.352. The molecule has 2 heterocycles. The molecule has 4 aromatic rings. The molecule has 5 nitrogen and oxygen atoms in total. The van der Waals surface area contributed by atoms with Crippen LogP contribution in [0.5, 0.6) is 0 Å². The third kappa shape index (κ3) is 4.28. The second kappa shape index (κ2) is 7.98. The molecule has 0 aliphatic heterocycles. The first kappa shape index (κ1) is 20.2. The summed E-state index contributed by atoms with van der Waals surface area (Å²) in [6.07, 6.45) is 0.761. The van der Waals surface area contributed by atoms with Crippen LogP contribution >= 0.6 is 0 Å². The number of hydrogen-bond donors (Lipinski definition) is 1. The fourth-order valence-electron chi connectivity index (χ4n) is 3.21. The van der Waals surface area contributed by atoms with E-state index in [0.717, 1.165) is 23.9 Å². The quantitative estimate of drug-likeness (QED) is 0.443. The zero-order valence-electron chi connectivity index (χ0n) is 16.0. The summed E-state index contributed by atoms with van der Waals surface area (Å²) in [5.74, 6) is -0.352. The number of aromatic nitrogens is 3. The average Bonchev–Trinajstić information content (AvgIpc) is 2.78. The molecule has 0 bridgehead atoms. The van der Waals surface area contributed by atoms with E-state index in [1.54, 1.807) is 36.5 Å². The lowest BCUT2D eigenvalue weighted by Crippen LogP contribution is -2.07. The van der Waals surface area contributed by atoms with Crippen LogP contribution < -0.4 is 5.32 Å². The highest BCUT2D eigenvalue weighted by atomic mass is 19.4. The minimum Gasteiger partial charge on any atom is -0.323 e. The number of anilines is 1. The number of pyridine rings is 1. The van der Waals surface area contributed by atoms with Crippen LogP contribution in [0, 0.1) is 0 Å². The van der Waals surface area contributed by atoms with Gasteiger partial charge in [-0.25, -0.2) is 9.97 Å². The van der Waals surface area contributed by atoms with Gasteiger partial charge < -0.3 is 5.32 Å². The summed E-state index contributed by atoms with van der Waals surface area (Å²) in [6, 6.07) is 13.1. The number of nitrogens with zero attached hydrogens (tertiary/aromatic N) is 3. The van der Waals surface area contributed by atoms with E-state index in [2.05, 4.69) is 26.8 Å². The first-order valence-electron chi connectivity index (χ1n) is 9.16. The van der Waals surface area contributed by atoms with Gasteiger partial charge in [-0.05, 0) is 59.2 Å². The lowest BCUT2D eigenvalue weighted by molar-refractivity contribution is -0.141. The number of benzene rings is 2. The van der Waals surface area contributed by atoms with Crippen LogP contribution in [0.15, 0.2) is 79.9 Å². The summed E-state index contributed by atoms with van der Waals surface area (Å²) in [6.45, 7) is 3.43. The number of rotatable bonds is 4. The number of amides is 1. The van der Waals surface area contributed by atoms with Gasteiger partial charge in [0.15, 0.2) is 0 Å². The van der Waals surface area contributed by atoms with Crippen LogP contribution in [0.25, 0.3) is 33.2 Å². The number of alkyl halides is 3. The summed E-state index contributed by atoms with van der Waals surface area (Å²) in [4.78, 5) is 23.5. The monoisotopic (exact) mass is 420 g/mol. The van der Waals surface area contributed by atoms with Crippen molar-refractivity contribution in [3.05, 3.63) is 85.6 Å². The molecule has 2 aromatic carbocycles. The van der Waals surface area contributed by atoms with E-state index in [1.165, 1.54) is 12.4 Å². The molecule has 8 heteroatoms. The Hall–Kier alpha value is -4.07. The highest BCUT2D eigenvalue weighted by Crippen LogP contribution is 2.35. The molecule has 0 aliphatic rings. The molecule has 1 N–H and O–H groups in total. The van der Waals surface area contributed by atoms with Crippen molar-refractivity contribution in [3.8, 4) is 22.3 Å². The van der Waals surface area contributed by atoms with E-state index in [0.29, 0.717) is 33.3 Å². The highest BCUT2D eigenvalue weighted by Gasteiger charge is 2.32. The van der Waals surface area contributed by atoms with E-state index in [-0.39, 0.29) is 5.91 Å². The summed E-state index contributed by atoms with van der Waals surface area (Å²) >= 11 is 0. The number of carbonyl (C=O) groups excluding carboxylic acids is 1. The number of nitrogens with one attached hydrogen (secondary N) is 1. The molecule has 0 spiro atoms. The predicted octanol–water partition coefficient (Wildman–Crippen LogP) is 5.50. The van der Waals surface area contributed by atoms with Crippen molar-refractivity contribution >= 4 is 22.5 Å². The zero-order valence-corrected chi connectivity index (χ0v) is 16.0. The summed E-state index contributed by atoms with van der Waals surface area (Å²) in [5, 5.41) is 3.36. The molecule has 0 saturated heterocycles. The second-order valence-corrected chi connectivity index (χ2v) is 6.69. The van der Waals surface area contributed by atoms with Gasteiger partial charge in [-0.2, -0.15) is 13.2 Å². The Morgan fingerprint density at radius 1 is 1.00 bits per heavy atom. The van der Waals surface area contributed by atoms with E-state index in [9.17, 15) is 18.0 Å². The van der Waals surface area contributed by atoms with E-state index in [4.69, 9.17) is 0 Å². The van der Waals surface area contributed by atoms with E-state index < -0.39 is 11.9 Å². The minimum atomic E-state index is -4.55. The fraction of sp³-hybridized carbons (Fsp3) is 0.0435. The van der Waals surface area contributed by atoms with Crippen LogP contribution in [0.4, 0.5) is 18.9 Å². The van der Waals surface area contributed by atoms with Crippen molar-refractivity contribution in [3.63, 3.8) is 0 Å². The zero-order chi connectivity index (χ0) is 22.0. The molecule has 0 aliphatic carbocycles. The summed E-state index contributed by atoms with van der Waals surface area (Å²) in [7, 11) is 0. The summed E-state index contributed by atoms with van der Waals surface area (Å²) in [5.41, 5.74) is 2.57. The standard InChI is InChI=1S/C23H15F3N4O/c1-2-21(31)30-18-5-3-4-15(9-18)19-10-16(8-17-12-27-13-29-22(17)19)14-6-7-28-20(11-14)23(24,25)26/h2-13H,1H2,(H,30,31). The number of fused-ring (bicyclic) bond motifs is 1. The SMILES string of the molecule is C=CC(=O)Nc1cccc(-c2cc(-c3ccnc(C(F)(F)F)c3)cc3cncnc23)c1. The largest absolute Gasteiger partial charge is 0.433 e. The maximum Gasteiger partial charge on any atom is 0.433 e. The Labute approximate surface area is 175 Å². The van der Waals surface area contributed by atoms with Gasteiger partial charge in [0, 0.05) is 29.0 Å². The molecule has 0 radical (unpaired) electrons. The van der Waals surface area contributed by atoms with Crippen molar-refractivity contribution in [2.75, 3.05) is 5.32 Å². The van der Waals surface area contributed by atoms with Crippen LogP contribution in [0.3, 0.4) is 0 Å². The van der Waals surface area contributed by atoms with E-state index >= 15 is 0 Å². The number of halogens is 3. The van der Waals surface area contributed by atoms with Crippen molar-refractivity contribution < 1.29 is 18.0 Å². The predicted molar refractivity (Wildman–Crippen MR) is 112 cm³/mol. The molecule has 31 heavy (non-hydrogen) atoms. The lowest BCUT2D eigenvalue weighted by Gasteiger charge is -2.12. The Morgan fingerprint density at radius 3 is 2.61 bits per heavy atom. The molecule has 0 saturated carbocycles. The molecular weight excluding hydrogens is 405 g/mol. The van der Waals surface area contributed by atoms with Gasteiger partial charge in [0.2, 0.25) is 5.91 Å². The molecule has 0 fully saturated rings. The number of carbonyl (C=O) groups is 1. The van der Waals surface area contributed by atoms with Gasteiger partial charge in [0.1, 0.15) is 12.0 Å². The Morgan fingerprint density at radius 2 is 1.84 bits per heavy atom. The Balaban J connectivity index is 1.88. The molecule has 4 rings (SSSR count). The van der Waals surface area contributed by atoms with E-state index in [1.807, 2.05) is 6.07 Å². The van der Waals surface area contributed by atoms with Crippen molar-refractivity contribution in [2.45, 2.75) is 6.18 Å². The van der Waals surface area contributed by atoms with Gasteiger partial charge >= 0.3 is 6.18 Å². The van der Waals surface area contributed by atoms with Crippen molar-refractivity contribution in [1.29, 1.82) is 0 Å². The fourth-order valence-corrected chi connectivity index (χ4v) is 3.21. The molecule has 0 atom stereocenters. The van der Waals surface area contributed by atoms with Crippen LogP contribution in [0.2, 0.25) is 0 Å². The third-order valence-electron chi connectivity index (χ3n) is 4.62. The molecular formula is C23H15F3N4O. The lowest BCUT2D eigenvalue weighted by atomic mass is 9.96. The average molecular weight is 420 g/mol. The van der Waals surface area contributed by atoms with Crippen LogP contribution in [0.1, 0.15) is 5.69 Å². The highest BCUT2D eigenvalue weighted by molar-refractivity contribution is 6.01. The molecule has 1 amide bonds. The first-order valence-corrected chi connectivity index (χ1v) is 9.16. The third-order valence-corrected chi connectivity index (χ3v) is 4.62. The topological polar surface area (TPSA) is 67.8 Å². The maximum atomic E-state index is 13.1. The molecule has 2 aromatic heterocycles. The maximum absolute atomic E-state index is 13.1. The van der Waals surface area contributed by atoms with Crippen molar-refractivity contribution in [2.24, 2.45) is 0 Å². The van der Waals surface area contributed by atoms with Gasteiger partial charge in [-0.1, -0.05) is 18.7 Å². The molecule has 154 valence electrons. The normalized spacial score (nSPS) is 11.3. The Kier molecular flexibility index (Phi) is 5.21. The Bertz CT molecular complexity index is 1300. The van der Waals surface area contributed by atoms with Gasteiger partial charge in [0.05, 0.1) is 5.52 Å². The van der Waals surface area contributed by atoms with Gasteiger partial charge in [-0.15, -0.1) is 0 Å². The first-order chi connectivity index (χ1) is 14.8. The molecule has 0 unspecified atom stereocenters. The number of hydrogen-bond acceptors (Lipinski definition) is 4. The van der Waals surface area contributed by atoms with Gasteiger partial charge in [0.25, 0.3) is 0 Å².